The van der Waals surface area contributed by atoms with Crippen molar-refractivity contribution >= 4 is 30.1 Å². The van der Waals surface area contributed by atoms with Gasteiger partial charge in [-0.3, -0.25) is 6.29 Å². The number of allylic oxidation sites excluding steroid dienone is 4. The van der Waals surface area contributed by atoms with Gasteiger partial charge < -0.3 is 4.79 Å². The Bertz CT molecular complexity index is 970. The van der Waals surface area contributed by atoms with Crippen LogP contribution in [0.2, 0.25) is 0 Å². The summed E-state index contributed by atoms with van der Waals surface area (Å²) in [6.07, 6.45) is 1.50. The van der Waals surface area contributed by atoms with E-state index in [0.717, 1.165) is 0 Å². The van der Waals surface area contributed by atoms with Gasteiger partial charge in [-0.25, -0.2) is 0 Å². The summed E-state index contributed by atoms with van der Waals surface area (Å²) in [7, 11) is -0.446. The zero-order valence-electron chi connectivity index (χ0n) is 21.3. The fourth-order valence-corrected chi connectivity index (χ4v) is 5.89. The average Bonchev–Trinajstić information content (AvgIpc) is 3.06. The van der Waals surface area contributed by atoms with Gasteiger partial charge in [-0.1, -0.05) is 109 Å². The Labute approximate surface area is 223 Å². The molecule has 4 heteroatoms. The summed E-state index contributed by atoms with van der Waals surface area (Å²) < 4.78 is 7.50. The van der Waals surface area contributed by atoms with Gasteiger partial charge >= 0.3 is 11.3 Å². The summed E-state index contributed by atoms with van der Waals surface area (Å²) >= 11 is 0. The van der Waals surface area contributed by atoms with Gasteiger partial charge in [0.25, 0.3) is 0 Å². The van der Waals surface area contributed by atoms with E-state index in [0.29, 0.717) is 0 Å². The maximum absolute atomic E-state index is 8.68. The molecule has 1 radical (unpaired) electrons. The zero-order chi connectivity index (χ0) is 25.5. The monoisotopic (exact) mass is 524 g/mol. The Balaban J connectivity index is 0.000000614. The van der Waals surface area contributed by atoms with Gasteiger partial charge in [-0.15, -0.1) is 0 Å². The predicted molar refractivity (Wildman–Crippen MR) is 146 cm³/mol. The Morgan fingerprint density at radius 3 is 0.971 bits per heavy atom. The molecule has 0 saturated carbocycles. The van der Waals surface area contributed by atoms with Crippen molar-refractivity contribution in [3.63, 3.8) is 0 Å². The van der Waals surface area contributed by atoms with Crippen LogP contribution >= 0.6 is 7.92 Å². The smallest absolute Gasteiger partial charge is 0 e. The molecule has 1 aliphatic rings. The molecular weight excluding hydrogens is 491 g/mol. The molecule has 2 nitrogen and oxygen atoms in total. The van der Waals surface area contributed by atoms with E-state index >= 15 is 0 Å². The van der Waals surface area contributed by atoms with E-state index in [1.807, 2.05) is 0 Å². The molecule has 0 aromatic heterocycles. The van der Waals surface area contributed by atoms with Crippen molar-refractivity contribution in [3.05, 3.63) is 126 Å². The zero-order valence-corrected chi connectivity index (χ0v) is 23.3. The molecule has 0 bridgehead atoms. The third-order valence-electron chi connectivity index (χ3n) is 5.86. The Morgan fingerprint density at radius 2 is 0.800 bits per heavy atom. The van der Waals surface area contributed by atoms with E-state index in [-0.39, 0.29) is 17.1 Å². The number of rotatable bonds is 3. The van der Waals surface area contributed by atoms with Crippen molar-refractivity contribution in [2.75, 3.05) is 0 Å². The molecule has 4 rings (SSSR count). The molecule has 0 aliphatic heterocycles. The van der Waals surface area contributed by atoms with Crippen molar-refractivity contribution < 1.29 is 26.5 Å². The maximum Gasteiger partial charge on any atom is 0 e. The third kappa shape index (κ3) is 9.58. The standard InChI is InChI=1S/C18H15P.C10H15.C2H3O.CO.Fe/c1-4-10-16(11-5-1)19(17-12-6-2-7-13-17)18-14-8-3-9-15-18;1-6-7(2)9(4)10(5)8(6)3;1-2-3;1-2;/h1-15H;1-5H3;1H3;;/q;;-1;;. The van der Waals surface area contributed by atoms with Crippen molar-refractivity contribution in [2.45, 2.75) is 41.5 Å². The van der Waals surface area contributed by atoms with Crippen LogP contribution in [-0.4, -0.2) is 6.29 Å². The molecule has 0 N–H and O–H groups in total. The second-order valence-corrected chi connectivity index (χ2v) is 9.89. The second kappa shape index (κ2) is 17.9. The van der Waals surface area contributed by atoms with Crippen LogP contribution in [0.15, 0.2) is 113 Å². The van der Waals surface area contributed by atoms with E-state index in [1.165, 1.54) is 57.3 Å². The van der Waals surface area contributed by atoms with Crippen LogP contribution in [0.3, 0.4) is 0 Å². The molecule has 0 spiro atoms. The van der Waals surface area contributed by atoms with Gasteiger partial charge in [0.1, 0.15) is 0 Å². The molecule has 0 heterocycles. The predicted octanol–water partition coefficient (Wildman–Crippen LogP) is 6.79. The molecule has 0 atom stereocenters. The summed E-state index contributed by atoms with van der Waals surface area (Å²) in [6.45, 7) is 16.8. The maximum atomic E-state index is 8.68. The second-order valence-electron chi connectivity index (χ2n) is 7.67. The summed E-state index contributed by atoms with van der Waals surface area (Å²) in [5, 5.41) is 4.19. The average molecular weight is 524 g/mol. The van der Waals surface area contributed by atoms with Gasteiger partial charge in [-0.05, 0) is 62.7 Å². The van der Waals surface area contributed by atoms with E-state index in [4.69, 9.17) is 9.45 Å². The molecule has 183 valence electrons. The Hall–Kier alpha value is -2.50. The first-order valence-electron chi connectivity index (χ1n) is 11.1. The van der Waals surface area contributed by atoms with Crippen LogP contribution in [0.4, 0.5) is 0 Å². The van der Waals surface area contributed by atoms with E-state index in [2.05, 4.69) is 132 Å². The first kappa shape index (κ1) is 32.5. The fraction of sp³-hybridized carbons (Fsp3) is 0.194. The molecule has 1 aliphatic carbocycles. The summed E-state index contributed by atoms with van der Waals surface area (Å²) in [4.78, 5) is 8.68. The first-order valence-corrected chi connectivity index (χ1v) is 12.4. The number of carbonyl (C=O) groups excluding carboxylic acids is 1. The number of benzene rings is 3. The van der Waals surface area contributed by atoms with Gasteiger partial charge in [0.05, 0.1) is 0 Å². The first-order chi connectivity index (χ1) is 16.4. The van der Waals surface area contributed by atoms with Crippen LogP contribution in [0.25, 0.3) is 0 Å². The van der Waals surface area contributed by atoms with Crippen LogP contribution < -0.4 is 15.9 Å². The number of hydrogen-bond donors (Lipinski definition) is 0. The molecule has 35 heavy (non-hydrogen) atoms. The molecule has 3 aromatic rings. The van der Waals surface area contributed by atoms with Gasteiger partial charge in [-0.2, -0.15) is 6.92 Å². The third-order valence-corrected chi connectivity index (χ3v) is 8.30. The van der Waals surface area contributed by atoms with Crippen molar-refractivity contribution in [2.24, 2.45) is 0 Å². The molecule has 0 fully saturated rings. The quantitative estimate of drug-likeness (QED) is 0.161. The van der Waals surface area contributed by atoms with Gasteiger partial charge in [0.15, 0.2) is 0 Å². The van der Waals surface area contributed by atoms with E-state index < -0.39 is 7.92 Å². The Kier molecular flexibility index (Phi) is 16.6. The van der Waals surface area contributed by atoms with Crippen LogP contribution in [0, 0.1) is 12.6 Å². The van der Waals surface area contributed by atoms with Crippen molar-refractivity contribution in [1.29, 1.82) is 0 Å². The normalized spacial score (nSPS) is 12.3. The largest absolute Gasteiger partial charge is 0.0622 e. The summed E-state index contributed by atoms with van der Waals surface area (Å²) in [6, 6.07) is 32.3. The van der Waals surface area contributed by atoms with Gasteiger partial charge in [0.2, 0.25) is 0 Å². The minimum absolute atomic E-state index is 0. The molecular formula is C31H33FeO2P-. The minimum Gasteiger partial charge on any atom is -0.0622 e. The fourth-order valence-electron chi connectivity index (χ4n) is 3.58. The number of hydrogen-bond acceptors (Lipinski definition) is 1. The van der Waals surface area contributed by atoms with Crippen LogP contribution in [-0.2, 0) is 26.5 Å². The summed E-state index contributed by atoms with van der Waals surface area (Å²) in [5.74, 6) is 1.47. The minimum atomic E-state index is -0.446. The summed E-state index contributed by atoms with van der Waals surface area (Å²) in [5.41, 5.74) is 5.87. The topological polar surface area (TPSA) is 37.0 Å². The van der Waals surface area contributed by atoms with Crippen LogP contribution in [0.5, 0.6) is 0 Å². The van der Waals surface area contributed by atoms with Crippen molar-refractivity contribution in [3.8, 4) is 0 Å². The SMILES string of the molecule is C[C-]=O.C[C]1C(C)=C(C)C(C)=C1C.[C-]#[O+].[Fe].c1ccc(P(c2ccccc2)c2ccccc2)cc1. The molecule has 0 amide bonds. The van der Waals surface area contributed by atoms with Crippen molar-refractivity contribution in [1.82, 2.24) is 0 Å². The van der Waals surface area contributed by atoms with Crippen LogP contribution in [0.1, 0.15) is 41.5 Å². The molecule has 3 aromatic carbocycles. The van der Waals surface area contributed by atoms with E-state index in [9.17, 15) is 0 Å². The molecule has 0 unspecified atom stereocenters. The Morgan fingerprint density at radius 1 is 0.571 bits per heavy atom. The van der Waals surface area contributed by atoms with Gasteiger partial charge in [0, 0.05) is 23.0 Å². The molecule has 0 saturated heterocycles. The van der Waals surface area contributed by atoms with E-state index in [1.54, 1.807) is 0 Å².